The fourth-order valence-electron chi connectivity index (χ4n) is 7.23. The maximum atomic E-state index is 14.1. The zero-order valence-corrected chi connectivity index (χ0v) is 24.1. The molecule has 4 aliphatic rings. The van der Waals surface area contributed by atoms with Gasteiger partial charge in [-0.3, -0.25) is 28.9 Å². The van der Waals surface area contributed by atoms with E-state index in [9.17, 15) is 29.1 Å². The van der Waals surface area contributed by atoms with Crippen LogP contribution in [0.25, 0.3) is 10.8 Å². The van der Waals surface area contributed by atoms with Crippen molar-refractivity contribution in [2.45, 2.75) is 25.7 Å². The number of allylic oxidation sites excluding steroid dienone is 6. The smallest absolute Gasteiger partial charge is 0.238 e. The zero-order chi connectivity index (χ0) is 29.4. The highest BCUT2D eigenvalue weighted by molar-refractivity contribution is 9.12. The molecule has 208 valence electrons. The third kappa shape index (κ3) is 3.74. The number of Topliss-reactive ketones (excluding diaryl/α,β-unsaturated/α-hetero) is 2. The van der Waals surface area contributed by atoms with Gasteiger partial charge in [0, 0.05) is 34.3 Å². The average molecular weight is 622 g/mol. The number of ketones is 3. The quantitative estimate of drug-likeness (QED) is 0.174. The van der Waals surface area contributed by atoms with Crippen LogP contribution < -0.4 is 4.90 Å². The lowest BCUT2D eigenvalue weighted by Gasteiger charge is -2.42. The van der Waals surface area contributed by atoms with Gasteiger partial charge in [0.15, 0.2) is 17.3 Å². The maximum Gasteiger partial charge on any atom is 0.238 e. The average Bonchev–Trinajstić information content (AvgIpc) is 3.24. The summed E-state index contributed by atoms with van der Waals surface area (Å²) in [6, 6.07) is 17.3. The first kappa shape index (κ1) is 26.5. The summed E-state index contributed by atoms with van der Waals surface area (Å²) < 4.78 is 0.146. The Morgan fingerprint density at radius 3 is 2.40 bits per heavy atom. The number of nitrogens with zero attached hydrogens (tertiary/aromatic N) is 1. The third-order valence-electron chi connectivity index (χ3n) is 9.10. The Hall–Kier alpha value is -4.43. The van der Waals surface area contributed by atoms with E-state index in [0.29, 0.717) is 28.0 Å². The number of carbonyl (C=O) groups excluding carboxylic acids is 5. The van der Waals surface area contributed by atoms with Crippen LogP contribution in [0.5, 0.6) is 5.75 Å². The van der Waals surface area contributed by atoms with Crippen LogP contribution in [0.3, 0.4) is 0 Å². The van der Waals surface area contributed by atoms with Gasteiger partial charge in [0.25, 0.3) is 0 Å². The van der Waals surface area contributed by atoms with Crippen molar-refractivity contribution in [1.82, 2.24) is 0 Å². The normalized spacial score (nSPS) is 25.2. The molecular weight excluding hydrogens is 598 g/mol. The summed E-state index contributed by atoms with van der Waals surface area (Å²) in [4.78, 5) is 67.8. The number of anilines is 1. The Labute approximate surface area is 249 Å². The van der Waals surface area contributed by atoms with Crippen LogP contribution in [0.2, 0.25) is 0 Å². The highest BCUT2D eigenvalue weighted by Crippen LogP contribution is 2.57. The highest BCUT2D eigenvalue weighted by atomic mass is 79.9. The van der Waals surface area contributed by atoms with E-state index < -0.39 is 23.7 Å². The second-order valence-corrected chi connectivity index (χ2v) is 12.1. The molecule has 2 amide bonds. The van der Waals surface area contributed by atoms with Crippen molar-refractivity contribution in [1.29, 1.82) is 0 Å². The summed E-state index contributed by atoms with van der Waals surface area (Å²) in [7, 11) is 0. The molecule has 1 fully saturated rings. The third-order valence-corrected chi connectivity index (χ3v) is 9.69. The summed E-state index contributed by atoms with van der Waals surface area (Å²) in [6.07, 6.45) is 3.63. The number of halogens is 1. The van der Waals surface area contributed by atoms with Gasteiger partial charge < -0.3 is 5.11 Å². The molecule has 7 nitrogen and oxygen atoms in total. The molecule has 8 heteroatoms. The molecule has 0 spiro atoms. The van der Waals surface area contributed by atoms with Crippen molar-refractivity contribution in [2.75, 3.05) is 4.90 Å². The number of amides is 2. The topological polar surface area (TPSA) is 109 Å². The summed E-state index contributed by atoms with van der Waals surface area (Å²) in [6.45, 7) is 1.45. The number of hydrogen-bond acceptors (Lipinski definition) is 6. The molecule has 7 rings (SSSR count). The molecule has 3 aromatic rings. The SMILES string of the molecule is CC(=O)c1ccc(N2C(=O)[C@H]3[C@H](CC=C4[C@H](c5c(O)ccc6ccccc56)C5=C(C[C@H]43)C(=O)C(Br)=CC5=O)C2=O)cc1. The van der Waals surface area contributed by atoms with Gasteiger partial charge in [-0.05, 0) is 82.7 Å². The van der Waals surface area contributed by atoms with Crippen LogP contribution in [0.1, 0.15) is 41.6 Å². The first-order chi connectivity index (χ1) is 20.2. The molecule has 1 heterocycles. The standard InChI is InChI=1S/C34H24BrNO6/c1-16(37)17-6-9-19(10-7-17)36-33(41)22-12-11-21-23(28(22)34(36)42)14-24-30(27(39)15-25(35)32(24)40)31(21)29-20-5-3-2-4-18(20)8-13-26(29)38/h2-11,13,15,22-23,28,31,38H,12,14H2,1H3/t22-,23+,28-,31+/m0/s1. The predicted molar refractivity (Wildman–Crippen MR) is 159 cm³/mol. The van der Waals surface area contributed by atoms with Gasteiger partial charge >= 0.3 is 0 Å². The largest absolute Gasteiger partial charge is 0.508 e. The molecule has 0 aromatic heterocycles. The van der Waals surface area contributed by atoms with E-state index in [1.54, 1.807) is 36.4 Å². The summed E-state index contributed by atoms with van der Waals surface area (Å²) in [5.41, 5.74) is 2.76. The minimum Gasteiger partial charge on any atom is -0.508 e. The van der Waals surface area contributed by atoms with Gasteiger partial charge in [0.2, 0.25) is 11.8 Å². The second kappa shape index (κ2) is 9.56. The molecule has 1 N–H and O–H groups in total. The number of fused-ring (bicyclic) bond motifs is 4. The molecule has 0 bridgehead atoms. The minimum absolute atomic E-state index is 0.0101. The lowest BCUT2D eigenvalue weighted by molar-refractivity contribution is -0.123. The molecule has 3 aromatic carbocycles. The van der Waals surface area contributed by atoms with E-state index in [-0.39, 0.29) is 52.2 Å². The minimum atomic E-state index is -0.758. The van der Waals surface area contributed by atoms with E-state index in [1.165, 1.54) is 17.9 Å². The Morgan fingerprint density at radius 1 is 0.929 bits per heavy atom. The molecule has 1 aliphatic heterocycles. The zero-order valence-electron chi connectivity index (χ0n) is 22.5. The predicted octanol–water partition coefficient (Wildman–Crippen LogP) is 5.71. The lowest BCUT2D eigenvalue weighted by Crippen LogP contribution is -2.39. The number of aromatic hydroxyl groups is 1. The first-order valence-electron chi connectivity index (χ1n) is 13.8. The van der Waals surface area contributed by atoms with Gasteiger partial charge in [-0.25, -0.2) is 0 Å². The van der Waals surface area contributed by atoms with Gasteiger partial charge in [-0.2, -0.15) is 0 Å². The molecule has 0 unspecified atom stereocenters. The van der Waals surface area contributed by atoms with Crippen molar-refractivity contribution >= 4 is 61.6 Å². The van der Waals surface area contributed by atoms with Gasteiger partial charge in [-0.1, -0.05) is 42.0 Å². The van der Waals surface area contributed by atoms with Crippen LogP contribution in [-0.2, 0) is 19.2 Å². The van der Waals surface area contributed by atoms with Crippen LogP contribution in [0, 0.1) is 17.8 Å². The van der Waals surface area contributed by atoms with E-state index in [2.05, 4.69) is 15.9 Å². The molecule has 42 heavy (non-hydrogen) atoms. The fourth-order valence-corrected chi connectivity index (χ4v) is 7.67. The number of rotatable bonds is 3. The van der Waals surface area contributed by atoms with E-state index >= 15 is 0 Å². The van der Waals surface area contributed by atoms with E-state index in [0.717, 1.165) is 16.3 Å². The van der Waals surface area contributed by atoms with Gasteiger partial charge in [0.1, 0.15) is 5.75 Å². The first-order valence-corrected chi connectivity index (χ1v) is 14.5. The highest BCUT2D eigenvalue weighted by Gasteiger charge is 2.57. The fraction of sp³-hybridized carbons (Fsp3) is 0.206. The summed E-state index contributed by atoms with van der Waals surface area (Å²) in [5, 5.41) is 12.9. The molecule has 0 radical (unpaired) electrons. The number of hydrogen-bond donors (Lipinski definition) is 1. The Bertz CT molecular complexity index is 1880. The molecule has 0 saturated carbocycles. The number of phenolic OH excluding ortho intramolecular Hbond substituents is 1. The van der Waals surface area contributed by atoms with Crippen LogP contribution >= 0.6 is 15.9 Å². The van der Waals surface area contributed by atoms with Crippen molar-refractivity contribution in [3.63, 3.8) is 0 Å². The number of phenols is 1. The number of imide groups is 1. The maximum absolute atomic E-state index is 14.1. The Balaban J connectivity index is 1.39. The number of carbonyl (C=O) groups is 5. The van der Waals surface area contributed by atoms with Crippen LogP contribution in [-0.4, -0.2) is 34.3 Å². The molecule has 3 aliphatic carbocycles. The van der Waals surface area contributed by atoms with Crippen LogP contribution in [0.4, 0.5) is 5.69 Å². The van der Waals surface area contributed by atoms with E-state index in [4.69, 9.17) is 0 Å². The van der Waals surface area contributed by atoms with Crippen molar-refractivity contribution in [2.24, 2.45) is 17.8 Å². The molecule has 4 atom stereocenters. The lowest BCUT2D eigenvalue weighted by atomic mass is 9.59. The van der Waals surface area contributed by atoms with Crippen molar-refractivity contribution < 1.29 is 29.1 Å². The summed E-state index contributed by atoms with van der Waals surface area (Å²) in [5.74, 6) is -4.14. The van der Waals surface area contributed by atoms with E-state index in [1.807, 2.05) is 30.3 Å². The van der Waals surface area contributed by atoms with Gasteiger partial charge in [0.05, 0.1) is 22.0 Å². The molecular formula is C34H24BrNO6. The number of benzene rings is 3. The summed E-state index contributed by atoms with van der Waals surface area (Å²) >= 11 is 3.25. The van der Waals surface area contributed by atoms with Gasteiger partial charge in [-0.15, -0.1) is 0 Å². The Kier molecular flexibility index (Phi) is 6.02. The Morgan fingerprint density at radius 2 is 1.67 bits per heavy atom. The van der Waals surface area contributed by atoms with Crippen molar-refractivity contribution in [3.05, 3.63) is 105 Å². The van der Waals surface area contributed by atoms with Crippen molar-refractivity contribution in [3.8, 4) is 5.75 Å². The molecule has 1 saturated heterocycles. The second-order valence-electron chi connectivity index (χ2n) is 11.2. The monoisotopic (exact) mass is 621 g/mol. The van der Waals surface area contributed by atoms with Crippen LogP contribution in [0.15, 0.2) is 94.0 Å².